The highest BCUT2D eigenvalue weighted by molar-refractivity contribution is 5.81. The van der Waals surface area contributed by atoms with Crippen LogP contribution in [0.5, 0.6) is 0 Å². The van der Waals surface area contributed by atoms with Crippen molar-refractivity contribution in [1.82, 2.24) is 4.90 Å². The van der Waals surface area contributed by atoms with Crippen molar-refractivity contribution in [1.29, 1.82) is 0 Å². The van der Waals surface area contributed by atoms with E-state index in [1.165, 1.54) is 5.56 Å². The number of likely N-dealkylation sites (tertiary alicyclic amines) is 1. The van der Waals surface area contributed by atoms with Crippen LogP contribution in [0.3, 0.4) is 0 Å². The zero-order chi connectivity index (χ0) is 13.8. The molecule has 1 atom stereocenters. The van der Waals surface area contributed by atoms with Gasteiger partial charge in [-0.1, -0.05) is 48.5 Å². The minimum atomic E-state index is 0.556. The summed E-state index contributed by atoms with van der Waals surface area (Å²) in [7, 11) is 0. The third kappa shape index (κ3) is 2.82. The average molecular weight is 265 g/mol. The summed E-state index contributed by atoms with van der Waals surface area (Å²) in [6.07, 6.45) is 1.13. The zero-order valence-corrected chi connectivity index (χ0v) is 11.4. The first-order valence-electron chi connectivity index (χ1n) is 7.02. The van der Waals surface area contributed by atoms with Gasteiger partial charge in [-0.2, -0.15) is 0 Å². The normalized spacial score (nSPS) is 19.3. The number of guanidine groups is 1. The Labute approximate surface area is 119 Å². The number of nitrogens with two attached hydrogens (primary N) is 1. The van der Waals surface area contributed by atoms with E-state index in [4.69, 9.17) is 5.73 Å². The summed E-state index contributed by atoms with van der Waals surface area (Å²) >= 11 is 0. The van der Waals surface area contributed by atoms with Crippen molar-refractivity contribution in [2.75, 3.05) is 13.1 Å². The number of nitrogens with zero attached hydrogens (tertiary/aromatic N) is 2. The summed E-state index contributed by atoms with van der Waals surface area (Å²) in [6.45, 7) is 1.92. The Balaban J connectivity index is 1.70. The van der Waals surface area contributed by atoms with Gasteiger partial charge in [-0.3, -0.25) is 0 Å². The highest BCUT2D eigenvalue weighted by Gasteiger charge is 2.24. The maximum Gasteiger partial charge on any atom is 0.196 e. The molecule has 1 aliphatic rings. The molecule has 3 rings (SSSR count). The molecule has 1 unspecified atom stereocenters. The van der Waals surface area contributed by atoms with Gasteiger partial charge in [0.15, 0.2) is 5.96 Å². The highest BCUT2D eigenvalue weighted by atomic mass is 15.3. The number of aliphatic imine (C=N–C) groups is 1. The van der Waals surface area contributed by atoms with E-state index in [0.29, 0.717) is 11.9 Å². The van der Waals surface area contributed by atoms with Gasteiger partial charge in [0.1, 0.15) is 0 Å². The summed E-state index contributed by atoms with van der Waals surface area (Å²) in [6, 6.07) is 20.5. The van der Waals surface area contributed by atoms with Crippen LogP contribution in [0.15, 0.2) is 65.7 Å². The Morgan fingerprint density at radius 3 is 2.35 bits per heavy atom. The molecule has 3 heteroatoms. The lowest BCUT2D eigenvalue weighted by Crippen LogP contribution is -2.35. The third-order valence-electron chi connectivity index (χ3n) is 3.78. The summed E-state index contributed by atoms with van der Waals surface area (Å²) in [5.74, 6) is 1.18. The first-order valence-corrected chi connectivity index (χ1v) is 7.02. The van der Waals surface area contributed by atoms with E-state index in [2.05, 4.69) is 40.2 Å². The number of rotatable bonds is 2. The van der Waals surface area contributed by atoms with Crippen LogP contribution in [-0.2, 0) is 0 Å². The Hall–Kier alpha value is -2.29. The van der Waals surface area contributed by atoms with E-state index < -0.39 is 0 Å². The molecule has 0 radical (unpaired) electrons. The molecule has 1 heterocycles. The molecule has 20 heavy (non-hydrogen) atoms. The van der Waals surface area contributed by atoms with Gasteiger partial charge < -0.3 is 10.6 Å². The van der Waals surface area contributed by atoms with E-state index in [9.17, 15) is 0 Å². The Kier molecular flexibility index (Phi) is 3.68. The Bertz CT molecular complexity index is 578. The number of hydrogen-bond donors (Lipinski definition) is 1. The molecule has 2 N–H and O–H groups in total. The SMILES string of the molecule is NC(=Nc1ccccc1)N1CCC(c2ccccc2)C1. The number of hydrogen-bond acceptors (Lipinski definition) is 1. The second-order valence-electron chi connectivity index (χ2n) is 5.15. The van der Waals surface area contributed by atoms with E-state index in [-0.39, 0.29) is 0 Å². The summed E-state index contributed by atoms with van der Waals surface area (Å²) in [5, 5.41) is 0. The van der Waals surface area contributed by atoms with Gasteiger partial charge in [0, 0.05) is 19.0 Å². The summed E-state index contributed by atoms with van der Waals surface area (Å²) in [5.41, 5.74) is 8.43. The van der Waals surface area contributed by atoms with Gasteiger partial charge in [-0.25, -0.2) is 4.99 Å². The molecule has 2 aromatic rings. The second-order valence-corrected chi connectivity index (χ2v) is 5.15. The minimum Gasteiger partial charge on any atom is -0.369 e. The zero-order valence-electron chi connectivity index (χ0n) is 11.4. The van der Waals surface area contributed by atoms with E-state index in [0.717, 1.165) is 25.2 Å². The fraction of sp³-hybridized carbons (Fsp3) is 0.235. The summed E-state index contributed by atoms with van der Waals surface area (Å²) in [4.78, 5) is 6.66. The van der Waals surface area contributed by atoms with Crippen LogP contribution in [-0.4, -0.2) is 23.9 Å². The quantitative estimate of drug-likeness (QED) is 0.669. The molecule has 3 nitrogen and oxygen atoms in total. The van der Waals surface area contributed by atoms with Crippen LogP contribution in [0.25, 0.3) is 0 Å². The first kappa shape index (κ1) is 12.7. The molecule has 102 valence electrons. The maximum atomic E-state index is 6.13. The molecule has 0 amide bonds. The van der Waals surface area contributed by atoms with Gasteiger partial charge in [0.05, 0.1) is 5.69 Å². The van der Waals surface area contributed by atoms with E-state index in [1.54, 1.807) is 0 Å². The monoisotopic (exact) mass is 265 g/mol. The topological polar surface area (TPSA) is 41.6 Å². The molecule has 0 saturated carbocycles. The molecule has 0 aliphatic carbocycles. The van der Waals surface area contributed by atoms with Gasteiger partial charge in [-0.05, 0) is 24.1 Å². The Morgan fingerprint density at radius 1 is 1.00 bits per heavy atom. The van der Waals surface area contributed by atoms with Crippen molar-refractivity contribution >= 4 is 11.6 Å². The van der Waals surface area contributed by atoms with Gasteiger partial charge in [0.25, 0.3) is 0 Å². The van der Waals surface area contributed by atoms with Crippen LogP contribution in [0.2, 0.25) is 0 Å². The first-order chi connectivity index (χ1) is 9.83. The molecule has 0 aromatic heterocycles. The maximum absolute atomic E-state index is 6.13. The van der Waals surface area contributed by atoms with Gasteiger partial charge >= 0.3 is 0 Å². The average Bonchev–Trinajstić information content (AvgIpc) is 2.99. The fourth-order valence-electron chi connectivity index (χ4n) is 2.67. The minimum absolute atomic E-state index is 0.556. The number of benzene rings is 2. The van der Waals surface area contributed by atoms with Crippen LogP contribution < -0.4 is 5.73 Å². The van der Waals surface area contributed by atoms with Crippen molar-refractivity contribution in [2.45, 2.75) is 12.3 Å². The van der Waals surface area contributed by atoms with E-state index in [1.807, 2.05) is 30.3 Å². The van der Waals surface area contributed by atoms with Crippen molar-refractivity contribution in [3.63, 3.8) is 0 Å². The van der Waals surface area contributed by atoms with Crippen LogP contribution in [0, 0.1) is 0 Å². The predicted molar refractivity (Wildman–Crippen MR) is 83.1 cm³/mol. The van der Waals surface area contributed by atoms with Crippen molar-refractivity contribution in [3.8, 4) is 0 Å². The van der Waals surface area contributed by atoms with Crippen LogP contribution >= 0.6 is 0 Å². The molecular weight excluding hydrogens is 246 g/mol. The molecule has 0 bridgehead atoms. The molecule has 1 saturated heterocycles. The highest BCUT2D eigenvalue weighted by Crippen LogP contribution is 2.27. The van der Waals surface area contributed by atoms with Gasteiger partial charge in [0.2, 0.25) is 0 Å². The predicted octanol–water partition coefficient (Wildman–Crippen LogP) is 3.12. The fourth-order valence-corrected chi connectivity index (χ4v) is 2.67. The van der Waals surface area contributed by atoms with Crippen molar-refractivity contribution in [2.24, 2.45) is 10.7 Å². The molecule has 2 aromatic carbocycles. The van der Waals surface area contributed by atoms with Gasteiger partial charge in [-0.15, -0.1) is 0 Å². The lowest BCUT2D eigenvalue weighted by Gasteiger charge is -2.17. The second kappa shape index (κ2) is 5.78. The molecule has 0 spiro atoms. The molecule has 1 fully saturated rings. The van der Waals surface area contributed by atoms with Crippen molar-refractivity contribution < 1.29 is 0 Å². The standard InChI is InChI=1S/C17H19N3/c18-17(19-16-9-5-2-6-10-16)20-12-11-15(13-20)14-7-3-1-4-8-14/h1-10,15H,11-13H2,(H2,18,19). The van der Waals surface area contributed by atoms with E-state index >= 15 is 0 Å². The smallest absolute Gasteiger partial charge is 0.196 e. The number of para-hydroxylation sites is 1. The summed E-state index contributed by atoms with van der Waals surface area (Å²) < 4.78 is 0. The van der Waals surface area contributed by atoms with Crippen molar-refractivity contribution in [3.05, 3.63) is 66.2 Å². The third-order valence-corrected chi connectivity index (χ3v) is 3.78. The van der Waals surface area contributed by atoms with Crippen LogP contribution in [0.1, 0.15) is 17.9 Å². The lowest BCUT2D eigenvalue weighted by molar-refractivity contribution is 0.505. The van der Waals surface area contributed by atoms with Crippen LogP contribution in [0.4, 0.5) is 5.69 Å². The largest absolute Gasteiger partial charge is 0.369 e. The Morgan fingerprint density at radius 2 is 1.65 bits per heavy atom. The molecule has 1 aliphatic heterocycles. The molecular formula is C17H19N3. The lowest BCUT2D eigenvalue weighted by atomic mass is 9.99.